The van der Waals surface area contributed by atoms with Crippen molar-refractivity contribution in [2.24, 2.45) is 59.2 Å². The molecule has 8 aliphatic rings. The van der Waals surface area contributed by atoms with Crippen LogP contribution in [0.1, 0.15) is 343 Å². The molecule has 0 bridgehead atoms. The smallest absolute Gasteiger partial charge is 0.0603 e. The van der Waals surface area contributed by atoms with Gasteiger partial charge in [0, 0.05) is 52.9 Å². The summed E-state index contributed by atoms with van der Waals surface area (Å²) in [6.07, 6.45) is 50.5. The molecule has 8 fully saturated rings. The lowest BCUT2D eigenvalue weighted by atomic mass is 9.79. The Bertz CT molecular complexity index is 1420. The summed E-state index contributed by atoms with van der Waals surface area (Å²) in [4.78, 5) is 0. The zero-order valence-corrected chi connectivity index (χ0v) is 61.4. The highest BCUT2D eigenvalue weighted by molar-refractivity contribution is 4.80. The van der Waals surface area contributed by atoms with Gasteiger partial charge >= 0.3 is 0 Å². The van der Waals surface area contributed by atoms with Crippen LogP contribution in [0.3, 0.4) is 0 Å². The summed E-state index contributed by atoms with van der Waals surface area (Å²) in [6.45, 7) is 47.0. The van der Waals surface area contributed by atoms with E-state index in [2.05, 4.69) is 125 Å². The Kier molecular flexibility index (Phi) is 53.7. The van der Waals surface area contributed by atoms with Crippen LogP contribution in [0.4, 0.5) is 0 Å². The van der Waals surface area contributed by atoms with Gasteiger partial charge in [0.15, 0.2) is 0 Å². The predicted molar refractivity (Wildman–Crippen MR) is 372 cm³/mol. The van der Waals surface area contributed by atoms with Crippen LogP contribution >= 0.6 is 0 Å². The van der Waals surface area contributed by atoms with Gasteiger partial charge in [-0.2, -0.15) is 0 Å². The number of rotatable bonds is 18. The quantitative estimate of drug-likeness (QED) is 0.126. The first kappa shape index (κ1) is 83.7. The number of hydrogen-bond donors (Lipinski definition) is 0. The van der Waals surface area contributed by atoms with Crippen LogP contribution < -0.4 is 0 Å². The molecule has 0 N–H and O–H groups in total. The second-order valence-corrected chi connectivity index (χ2v) is 28.5. The molecule has 0 aromatic heterocycles. The molecule has 8 saturated carbocycles. The molecule has 8 rings (SSSR count). The highest BCUT2D eigenvalue weighted by Crippen LogP contribution is 2.35. The molecule has 16 atom stereocenters. The first-order valence-electron chi connectivity index (χ1n) is 38.5. The molecule has 16 unspecified atom stereocenters. The predicted octanol–water partition coefficient (Wildman–Crippen LogP) is 22.9. The van der Waals surface area contributed by atoms with E-state index in [0.29, 0.717) is 48.8 Å². The molecule has 516 valence electrons. The maximum absolute atomic E-state index is 5.73. The second-order valence-electron chi connectivity index (χ2n) is 28.5. The fourth-order valence-corrected chi connectivity index (χ4v) is 15.2. The third-order valence-corrected chi connectivity index (χ3v) is 21.2. The van der Waals surface area contributed by atoms with Crippen molar-refractivity contribution in [3.63, 3.8) is 0 Å². The number of ether oxygens (including phenoxy) is 8. The standard InChI is InChI=1S/3C11H22O.C10H20O.3C9H18O.C8H16O/c1-4-10-6-7-11(12-5-2)9(3)8-10;1-4-10-7-6-9(3)11(8-10)12-5-2;1-3-12-11-9-7-5-4-6-8-10(11)2;1-3-11-10-8-6-4-5-7-9(10)2;1-3-10-9-6-4-8(2)5-7-9;1-3-10-9-6-4-5-8(2)7-9;1-3-10-9-7-5-4-6-8(9)2;1-3-9-8-6-4-5-7(8)2/h2*9-11H,4-8H2,1-3H3;10-11H,3-9H2,1-2H3;9-10H,3-8H2,1-2H3;3*8-9H,3-7H2,1-2H3;7-8H,3-6H2,1-2H3. The Morgan fingerprint density at radius 1 is 0.209 bits per heavy atom. The van der Waals surface area contributed by atoms with Crippen LogP contribution in [0.25, 0.3) is 0 Å². The maximum Gasteiger partial charge on any atom is 0.0603 e. The minimum atomic E-state index is 0.550. The van der Waals surface area contributed by atoms with Crippen molar-refractivity contribution < 1.29 is 37.9 Å². The van der Waals surface area contributed by atoms with E-state index in [0.717, 1.165) is 112 Å². The van der Waals surface area contributed by atoms with Crippen molar-refractivity contribution in [2.45, 2.75) is 392 Å². The lowest BCUT2D eigenvalue weighted by Crippen LogP contribution is -2.30. The fourth-order valence-electron chi connectivity index (χ4n) is 15.2. The normalized spacial score (nSPS) is 34.7. The highest BCUT2D eigenvalue weighted by Gasteiger charge is 2.29. The largest absolute Gasteiger partial charge is 0.379 e. The monoisotopic (exact) mass is 1220 g/mol. The van der Waals surface area contributed by atoms with Gasteiger partial charge in [0.1, 0.15) is 0 Å². The average molecular weight is 1220 g/mol. The summed E-state index contributed by atoms with van der Waals surface area (Å²) in [7, 11) is 0. The van der Waals surface area contributed by atoms with Gasteiger partial charge in [-0.05, 0) is 237 Å². The van der Waals surface area contributed by atoms with Crippen LogP contribution in [-0.2, 0) is 37.9 Å². The molecule has 0 saturated heterocycles. The molecule has 8 nitrogen and oxygen atoms in total. The van der Waals surface area contributed by atoms with E-state index >= 15 is 0 Å². The summed E-state index contributed by atoms with van der Waals surface area (Å²) in [5.74, 6) is 8.48. The van der Waals surface area contributed by atoms with E-state index in [4.69, 9.17) is 37.9 Å². The summed E-state index contributed by atoms with van der Waals surface area (Å²) >= 11 is 0. The summed E-state index contributed by atoms with van der Waals surface area (Å²) < 4.78 is 45.0. The molecule has 8 aliphatic carbocycles. The molecule has 0 aromatic rings. The third-order valence-electron chi connectivity index (χ3n) is 21.2. The van der Waals surface area contributed by atoms with Gasteiger partial charge in [-0.3, -0.25) is 0 Å². The molecular weight excluding hydrogens is 1060 g/mol. The van der Waals surface area contributed by atoms with Gasteiger partial charge in [0.2, 0.25) is 0 Å². The van der Waals surface area contributed by atoms with E-state index < -0.39 is 0 Å². The summed E-state index contributed by atoms with van der Waals surface area (Å²) in [5, 5.41) is 0. The Morgan fingerprint density at radius 3 is 0.953 bits per heavy atom. The maximum atomic E-state index is 5.73. The van der Waals surface area contributed by atoms with Crippen LogP contribution in [0, 0.1) is 59.2 Å². The van der Waals surface area contributed by atoms with Crippen molar-refractivity contribution in [2.75, 3.05) is 52.9 Å². The molecule has 0 spiro atoms. The molecule has 0 aliphatic heterocycles. The van der Waals surface area contributed by atoms with Gasteiger partial charge in [0.25, 0.3) is 0 Å². The molecule has 0 radical (unpaired) electrons. The summed E-state index contributed by atoms with van der Waals surface area (Å²) in [6, 6.07) is 0. The first-order chi connectivity index (χ1) is 41.6. The number of hydrogen-bond acceptors (Lipinski definition) is 8. The molecule has 86 heavy (non-hydrogen) atoms. The average Bonchev–Trinajstić information content (AvgIpc) is 3.84. The van der Waals surface area contributed by atoms with Crippen molar-refractivity contribution in [3.8, 4) is 0 Å². The SMILES string of the molecule is CCOC1CC(CC)CCC1C.CCOC1CCC(C)CC1.CCOC1CCC(CC)CC1C.CCOC1CCCC(C)C1.CCOC1CCCC1C.CCOC1CCCCC1C.CCOC1CCCCCC1C.CCOC1CCCCCCC1C. The van der Waals surface area contributed by atoms with Crippen LogP contribution in [-0.4, -0.2) is 102 Å². The van der Waals surface area contributed by atoms with Crippen molar-refractivity contribution >= 4 is 0 Å². The summed E-state index contributed by atoms with van der Waals surface area (Å²) in [5.41, 5.74) is 0. The molecule has 0 amide bonds. The zero-order chi connectivity index (χ0) is 63.7. The van der Waals surface area contributed by atoms with E-state index in [1.54, 1.807) is 0 Å². The lowest BCUT2D eigenvalue weighted by Gasteiger charge is -2.33. The van der Waals surface area contributed by atoms with Gasteiger partial charge in [-0.25, -0.2) is 0 Å². The minimum absolute atomic E-state index is 0.550. The van der Waals surface area contributed by atoms with E-state index in [1.807, 2.05) is 0 Å². The van der Waals surface area contributed by atoms with Crippen molar-refractivity contribution in [1.29, 1.82) is 0 Å². The Morgan fingerprint density at radius 2 is 0.535 bits per heavy atom. The van der Waals surface area contributed by atoms with Gasteiger partial charge in [0.05, 0.1) is 48.8 Å². The van der Waals surface area contributed by atoms with E-state index in [-0.39, 0.29) is 0 Å². The topological polar surface area (TPSA) is 73.8 Å². The van der Waals surface area contributed by atoms with E-state index in [1.165, 1.54) is 218 Å². The Balaban J connectivity index is 0.000000492. The fraction of sp³-hybridized carbons (Fsp3) is 1.00. The van der Waals surface area contributed by atoms with Gasteiger partial charge < -0.3 is 37.9 Å². The third kappa shape index (κ3) is 39.9. The molecule has 8 heteroatoms. The van der Waals surface area contributed by atoms with Crippen LogP contribution in [0.2, 0.25) is 0 Å². The van der Waals surface area contributed by atoms with Crippen LogP contribution in [0.15, 0.2) is 0 Å². The van der Waals surface area contributed by atoms with E-state index in [9.17, 15) is 0 Å². The molecule has 0 heterocycles. The Hall–Kier alpha value is -0.320. The minimum Gasteiger partial charge on any atom is -0.379 e. The molecular formula is C78H156O8. The zero-order valence-electron chi connectivity index (χ0n) is 61.4. The Labute approximate surface area is 539 Å². The second kappa shape index (κ2) is 55.2. The first-order valence-corrected chi connectivity index (χ1v) is 38.5. The highest BCUT2D eigenvalue weighted by atomic mass is 16.5. The molecule has 0 aromatic carbocycles. The van der Waals surface area contributed by atoms with Crippen molar-refractivity contribution in [3.05, 3.63) is 0 Å². The lowest BCUT2D eigenvalue weighted by molar-refractivity contribution is -0.0147. The van der Waals surface area contributed by atoms with Gasteiger partial charge in [-0.15, -0.1) is 0 Å². The van der Waals surface area contributed by atoms with Crippen LogP contribution in [0.5, 0.6) is 0 Å². The van der Waals surface area contributed by atoms with Crippen molar-refractivity contribution in [1.82, 2.24) is 0 Å². The van der Waals surface area contributed by atoms with Gasteiger partial charge in [-0.1, -0.05) is 166 Å².